The number of guanidine groups is 1. The first-order valence-corrected chi connectivity index (χ1v) is 8.74. The standard InChI is InChI=1S/C19H26F2N4O3.HI/c1-19(2,3)15-10-23-16(28-15)11-25-18(22-4)24-9-12-6-7-13(26-5)14(8-12)27-17(20)21;/h6-8,10,17H,9,11H2,1-5H3,(H2,22,24,25);1H. The SMILES string of the molecule is CN=C(NCc1ccc(OC)c(OC(F)F)c1)NCc1ncc(C(C)(C)C)o1.I. The van der Waals surface area contributed by atoms with Crippen LogP contribution in [0.2, 0.25) is 0 Å². The number of oxazole rings is 1. The number of aromatic nitrogens is 1. The molecule has 2 N–H and O–H groups in total. The largest absolute Gasteiger partial charge is 0.493 e. The summed E-state index contributed by atoms with van der Waals surface area (Å²) >= 11 is 0. The molecular formula is C19H27F2IN4O3. The Morgan fingerprint density at radius 1 is 1.21 bits per heavy atom. The number of hydrogen-bond donors (Lipinski definition) is 2. The van der Waals surface area contributed by atoms with Crippen molar-refractivity contribution in [3.63, 3.8) is 0 Å². The molecule has 7 nitrogen and oxygen atoms in total. The lowest BCUT2D eigenvalue weighted by Gasteiger charge is -2.14. The summed E-state index contributed by atoms with van der Waals surface area (Å²) in [7, 11) is 3.02. The van der Waals surface area contributed by atoms with Crippen molar-refractivity contribution in [2.45, 2.75) is 45.9 Å². The van der Waals surface area contributed by atoms with Gasteiger partial charge in [-0.15, -0.1) is 24.0 Å². The van der Waals surface area contributed by atoms with E-state index in [0.29, 0.717) is 24.9 Å². The van der Waals surface area contributed by atoms with E-state index in [2.05, 4.69) is 25.3 Å². The van der Waals surface area contributed by atoms with Gasteiger partial charge < -0.3 is 24.5 Å². The van der Waals surface area contributed by atoms with Crippen LogP contribution in [0.1, 0.15) is 38.0 Å². The van der Waals surface area contributed by atoms with E-state index in [1.807, 2.05) is 20.8 Å². The van der Waals surface area contributed by atoms with Gasteiger partial charge in [-0.25, -0.2) is 4.98 Å². The highest BCUT2D eigenvalue weighted by molar-refractivity contribution is 14.0. The van der Waals surface area contributed by atoms with Crippen LogP contribution in [0, 0.1) is 0 Å². The number of halogens is 3. The Bertz CT molecular complexity index is 807. The zero-order valence-corrected chi connectivity index (χ0v) is 19.4. The summed E-state index contributed by atoms with van der Waals surface area (Å²) in [4.78, 5) is 8.38. The van der Waals surface area contributed by atoms with Crippen molar-refractivity contribution < 1.29 is 22.7 Å². The maximum Gasteiger partial charge on any atom is 0.387 e. The van der Waals surface area contributed by atoms with Crippen molar-refractivity contribution >= 4 is 29.9 Å². The molecule has 0 spiro atoms. The number of benzene rings is 1. The van der Waals surface area contributed by atoms with E-state index >= 15 is 0 Å². The van der Waals surface area contributed by atoms with Gasteiger partial charge in [0.15, 0.2) is 17.5 Å². The van der Waals surface area contributed by atoms with Gasteiger partial charge in [-0.1, -0.05) is 26.8 Å². The lowest BCUT2D eigenvalue weighted by Crippen LogP contribution is -2.36. The van der Waals surface area contributed by atoms with Crippen LogP contribution < -0.4 is 20.1 Å². The Kier molecular flexibility index (Phi) is 9.60. The van der Waals surface area contributed by atoms with E-state index in [9.17, 15) is 8.78 Å². The van der Waals surface area contributed by atoms with E-state index in [1.165, 1.54) is 13.2 Å². The maximum absolute atomic E-state index is 12.5. The molecule has 10 heteroatoms. The molecule has 0 aliphatic rings. The van der Waals surface area contributed by atoms with Crippen molar-refractivity contribution in [3.8, 4) is 11.5 Å². The van der Waals surface area contributed by atoms with Crippen LogP contribution in [-0.2, 0) is 18.5 Å². The molecule has 2 aromatic rings. The summed E-state index contributed by atoms with van der Waals surface area (Å²) in [6, 6.07) is 4.82. The average Bonchev–Trinajstić information content (AvgIpc) is 3.11. The molecule has 1 aromatic carbocycles. The number of aliphatic imine (C=N–C) groups is 1. The molecule has 2 rings (SSSR count). The third kappa shape index (κ3) is 7.67. The molecule has 0 aliphatic heterocycles. The van der Waals surface area contributed by atoms with Crippen LogP contribution in [0.5, 0.6) is 11.5 Å². The van der Waals surface area contributed by atoms with E-state index in [-0.39, 0.29) is 40.9 Å². The van der Waals surface area contributed by atoms with E-state index in [4.69, 9.17) is 9.15 Å². The van der Waals surface area contributed by atoms with Gasteiger partial charge in [0.05, 0.1) is 19.9 Å². The minimum atomic E-state index is -2.93. The summed E-state index contributed by atoms with van der Waals surface area (Å²) in [5.41, 5.74) is 0.614. The summed E-state index contributed by atoms with van der Waals surface area (Å²) < 4.78 is 40.3. The summed E-state index contributed by atoms with van der Waals surface area (Å²) in [5, 5.41) is 6.19. The van der Waals surface area contributed by atoms with Crippen LogP contribution in [-0.4, -0.2) is 31.7 Å². The average molecular weight is 524 g/mol. The zero-order chi connectivity index (χ0) is 20.7. The Morgan fingerprint density at radius 3 is 2.45 bits per heavy atom. The maximum atomic E-state index is 12.5. The normalized spacial score (nSPS) is 11.8. The third-order valence-corrected chi connectivity index (χ3v) is 3.83. The van der Waals surface area contributed by atoms with Crippen molar-refractivity contribution in [2.24, 2.45) is 4.99 Å². The lowest BCUT2D eigenvalue weighted by atomic mass is 9.94. The highest BCUT2D eigenvalue weighted by Gasteiger charge is 2.19. The Morgan fingerprint density at radius 2 is 1.90 bits per heavy atom. The van der Waals surface area contributed by atoms with Crippen molar-refractivity contribution in [1.82, 2.24) is 15.6 Å². The molecule has 0 saturated carbocycles. The minimum absolute atomic E-state index is 0. The van der Waals surface area contributed by atoms with Crippen LogP contribution in [0.15, 0.2) is 33.8 Å². The topological polar surface area (TPSA) is 80.9 Å². The lowest BCUT2D eigenvalue weighted by molar-refractivity contribution is -0.0512. The molecule has 0 aliphatic carbocycles. The number of nitrogens with one attached hydrogen (secondary N) is 2. The fourth-order valence-electron chi connectivity index (χ4n) is 2.32. The third-order valence-electron chi connectivity index (χ3n) is 3.83. The number of ether oxygens (including phenoxy) is 2. The summed E-state index contributed by atoms with van der Waals surface area (Å²) in [6.45, 7) is 3.93. The molecule has 0 radical (unpaired) electrons. The van der Waals surface area contributed by atoms with Gasteiger partial charge in [-0.2, -0.15) is 8.78 Å². The minimum Gasteiger partial charge on any atom is -0.493 e. The van der Waals surface area contributed by atoms with Gasteiger partial charge in [0.2, 0.25) is 5.89 Å². The molecule has 162 valence electrons. The number of nitrogens with zero attached hydrogens (tertiary/aromatic N) is 2. The van der Waals surface area contributed by atoms with E-state index in [0.717, 1.165) is 11.3 Å². The highest BCUT2D eigenvalue weighted by Crippen LogP contribution is 2.29. The first-order chi connectivity index (χ1) is 13.2. The molecule has 1 heterocycles. The number of rotatable bonds is 7. The summed E-state index contributed by atoms with van der Waals surface area (Å²) in [5.74, 6) is 2.09. The number of alkyl halides is 2. The molecule has 0 unspecified atom stereocenters. The molecule has 29 heavy (non-hydrogen) atoms. The molecule has 0 fully saturated rings. The van der Waals surface area contributed by atoms with Crippen LogP contribution >= 0.6 is 24.0 Å². The molecule has 0 atom stereocenters. The predicted molar refractivity (Wildman–Crippen MR) is 117 cm³/mol. The molecule has 0 saturated heterocycles. The summed E-state index contributed by atoms with van der Waals surface area (Å²) in [6.07, 6.45) is 1.72. The van der Waals surface area contributed by atoms with E-state index in [1.54, 1.807) is 25.4 Å². The first kappa shape index (κ1) is 24.9. The van der Waals surface area contributed by atoms with Crippen molar-refractivity contribution in [3.05, 3.63) is 41.6 Å². The fourth-order valence-corrected chi connectivity index (χ4v) is 2.32. The fraction of sp³-hybridized carbons (Fsp3) is 0.474. The van der Waals surface area contributed by atoms with Crippen LogP contribution in [0.4, 0.5) is 8.78 Å². The number of hydrogen-bond acceptors (Lipinski definition) is 5. The second-order valence-electron chi connectivity index (χ2n) is 7.01. The smallest absolute Gasteiger partial charge is 0.387 e. The van der Waals surface area contributed by atoms with Crippen molar-refractivity contribution in [1.29, 1.82) is 0 Å². The van der Waals surface area contributed by atoms with E-state index < -0.39 is 6.61 Å². The van der Waals surface area contributed by atoms with Gasteiger partial charge in [0.25, 0.3) is 0 Å². The van der Waals surface area contributed by atoms with Crippen LogP contribution in [0.25, 0.3) is 0 Å². The Balaban J connectivity index is 0.00000420. The monoisotopic (exact) mass is 524 g/mol. The molecule has 0 bridgehead atoms. The van der Waals surface area contributed by atoms with Gasteiger partial charge >= 0.3 is 6.61 Å². The van der Waals surface area contributed by atoms with Gasteiger partial charge in [-0.3, -0.25) is 4.99 Å². The zero-order valence-electron chi connectivity index (χ0n) is 17.1. The van der Waals surface area contributed by atoms with Crippen LogP contribution in [0.3, 0.4) is 0 Å². The predicted octanol–water partition coefficient (Wildman–Crippen LogP) is 4.07. The second-order valence-corrected chi connectivity index (χ2v) is 7.01. The number of methoxy groups -OCH3 is 1. The molecular weight excluding hydrogens is 497 g/mol. The molecule has 0 amide bonds. The highest BCUT2D eigenvalue weighted by atomic mass is 127. The quantitative estimate of drug-likeness (QED) is 0.323. The Labute approximate surface area is 186 Å². The van der Waals surface area contributed by atoms with Gasteiger partial charge in [0, 0.05) is 19.0 Å². The second kappa shape index (κ2) is 11.2. The van der Waals surface area contributed by atoms with Gasteiger partial charge in [0.1, 0.15) is 5.76 Å². The van der Waals surface area contributed by atoms with Crippen molar-refractivity contribution in [2.75, 3.05) is 14.2 Å². The first-order valence-electron chi connectivity index (χ1n) is 8.74. The Hall–Kier alpha value is -2.11. The molecule has 1 aromatic heterocycles. The van der Waals surface area contributed by atoms with Gasteiger partial charge in [-0.05, 0) is 17.7 Å².